The number of hydrogen-bond acceptors (Lipinski definition) is 6. The molecule has 9 heteroatoms. The molecule has 0 fully saturated rings. The molecule has 3 N–H and O–H groups in total. The molecule has 0 spiro atoms. The first-order valence-corrected chi connectivity index (χ1v) is 4.85. The maximum atomic E-state index is 11.3. The Balaban J connectivity index is 1.85. The highest BCUT2D eigenvalue weighted by Gasteiger charge is 2.03. The molecule has 9 nitrogen and oxygen atoms in total. The Hall–Kier alpha value is -2.71. The van der Waals surface area contributed by atoms with Crippen molar-refractivity contribution in [2.45, 2.75) is 6.54 Å². The van der Waals surface area contributed by atoms with Crippen LogP contribution in [0.3, 0.4) is 0 Å². The molecule has 3 aromatic rings. The molecule has 0 aliphatic rings. The van der Waals surface area contributed by atoms with Crippen molar-refractivity contribution in [1.29, 1.82) is 0 Å². The van der Waals surface area contributed by atoms with Crippen LogP contribution in [0.4, 0.5) is 5.82 Å². The summed E-state index contributed by atoms with van der Waals surface area (Å²) >= 11 is 0. The summed E-state index contributed by atoms with van der Waals surface area (Å²) in [6, 6.07) is 3.42. The monoisotopic (exact) mass is 232 g/mol. The predicted octanol–water partition coefficient (Wildman–Crippen LogP) is -0.852. The van der Waals surface area contributed by atoms with Gasteiger partial charge in [0.25, 0.3) is 0 Å². The minimum absolute atomic E-state index is 0.372. The van der Waals surface area contributed by atoms with Crippen molar-refractivity contribution < 1.29 is 0 Å². The van der Waals surface area contributed by atoms with Crippen molar-refractivity contribution in [3.05, 3.63) is 34.8 Å². The molecule has 3 heterocycles. The summed E-state index contributed by atoms with van der Waals surface area (Å²) in [6.45, 7) is 0.450. The first kappa shape index (κ1) is 9.51. The van der Waals surface area contributed by atoms with E-state index in [1.807, 2.05) is 0 Å². The minimum Gasteiger partial charge on any atom is -0.361 e. The largest absolute Gasteiger partial charge is 0.364 e. The van der Waals surface area contributed by atoms with E-state index in [4.69, 9.17) is 0 Å². The molecule has 3 rings (SSSR count). The van der Waals surface area contributed by atoms with Gasteiger partial charge in [-0.3, -0.25) is 5.10 Å². The molecule has 0 aliphatic heterocycles. The van der Waals surface area contributed by atoms with E-state index in [-0.39, 0.29) is 5.69 Å². The van der Waals surface area contributed by atoms with E-state index in [1.54, 1.807) is 12.1 Å². The molecule has 86 valence electrons. The highest BCUT2D eigenvalue weighted by atomic mass is 16.2. The average Bonchev–Trinajstić information content (AvgIpc) is 2.97. The first-order valence-electron chi connectivity index (χ1n) is 4.85. The van der Waals surface area contributed by atoms with E-state index in [2.05, 4.69) is 35.8 Å². The maximum absolute atomic E-state index is 11.3. The van der Waals surface area contributed by atoms with Crippen molar-refractivity contribution >= 4 is 11.5 Å². The summed E-state index contributed by atoms with van der Waals surface area (Å²) in [4.78, 5) is 15.2. The Labute approximate surface area is 93.9 Å². The zero-order valence-electron chi connectivity index (χ0n) is 8.58. The number of fused-ring (bicyclic) bond motifs is 1. The molecule has 0 amide bonds. The van der Waals surface area contributed by atoms with E-state index in [1.165, 1.54) is 10.8 Å². The second kappa shape index (κ2) is 3.70. The van der Waals surface area contributed by atoms with Crippen LogP contribution in [0.15, 0.2) is 23.3 Å². The van der Waals surface area contributed by atoms with Crippen LogP contribution < -0.4 is 11.0 Å². The minimum atomic E-state index is -0.372. The van der Waals surface area contributed by atoms with Crippen LogP contribution in [0.2, 0.25) is 0 Å². The van der Waals surface area contributed by atoms with Crippen LogP contribution in [0.1, 0.15) is 5.82 Å². The molecule has 0 unspecified atom stereocenters. The lowest BCUT2D eigenvalue weighted by atomic mass is 10.5. The second-order valence-electron chi connectivity index (χ2n) is 3.30. The standard InChI is InChI=1S/C8H8N8O/c17-8-14-13-7-2-1-5(15-16(7)8)9-3-6-10-4-11-12-6/h1-2,4H,3H2,(H,9,15)(H,14,17)(H,10,11,12). The zero-order valence-corrected chi connectivity index (χ0v) is 8.58. The van der Waals surface area contributed by atoms with Gasteiger partial charge in [-0.15, -0.1) is 5.10 Å². The number of nitrogens with one attached hydrogen (secondary N) is 3. The summed E-state index contributed by atoms with van der Waals surface area (Å²) in [5.74, 6) is 1.24. The smallest absolute Gasteiger partial charge is 0.361 e. The van der Waals surface area contributed by atoms with Gasteiger partial charge in [0.2, 0.25) is 0 Å². The first-order chi connectivity index (χ1) is 8.33. The highest BCUT2D eigenvalue weighted by molar-refractivity contribution is 5.42. The van der Waals surface area contributed by atoms with Crippen molar-refractivity contribution in [3.8, 4) is 0 Å². The van der Waals surface area contributed by atoms with Gasteiger partial charge in [-0.25, -0.2) is 14.9 Å². The molecule has 0 bridgehead atoms. The number of rotatable bonds is 3. The number of anilines is 1. The van der Waals surface area contributed by atoms with Crippen LogP contribution in [0.25, 0.3) is 5.65 Å². The van der Waals surface area contributed by atoms with Crippen LogP contribution in [0.5, 0.6) is 0 Å². The molecular formula is C8H8N8O. The van der Waals surface area contributed by atoms with Crippen molar-refractivity contribution in [2.24, 2.45) is 0 Å². The van der Waals surface area contributed by atoms with E-state index in [9.17, 15) is 4.79 Å². The Kier molecular flexibility index (Phi) is 2.07. The SMILES string of the molecule is O=c1[nH]nc2ccc(NCc3ncn[nH]3)nn12. The number of aromatic nitrogens is 7. The summed E-state index contributed by atoms with van der Waals surface area (Å²) in [5, 5.41) is 19.6. The van der Waals surface area contributed by atoms with Gasteiger partial charge in [0.05, 0.1) is 6.54 Å². The summed E-state index contributed by atoms with van der Waals surface area (Å²) < 4.78 is 1.18. The molecule has 3 aromatic heterocycles. The van der Waals surface area contributed by atoms with Gasteiger partial charge in [0.1, 0.15) is 18.0 Å². The van der Waals surface area contributed by atoms with Crippen LogP contribution >= 0.6 is 0 Å². The summed E-state index contributed by atoms with van der Waals surface area (Å²) in [5.41, 5.74) is 0.100. The van der Waals surface area contributed by atoms with Gasteiger partial charge in [-0.05, 0) is 12.1 Å². The Morgan fingerprint density at radius 2 is 2.29 bits per heavy atom. The molecule has 0 aromatic carbocycles. The normalized spacial score (nSPS) is 10.8. The third-order valence-corrected chi connectivity index (χ3v) is 2.18. The zero-order chi connectivity index (χ0) is 11.7. The molecule has 17 heavy (non-hydrogen) atoms. The van der Waals surface area contributed by atoms with Gasteiger partial charge < -0.3 is 5.32 Å². The highest BCUT2D eigenvalue weighted by Crippen LogP contribution is 2.03. The number of hydrogen-bond donors (Lipinski definition) is 3. The Morgan fingerprint density at radius 3 is 3.12 bits per heavy atom. The van der Waals surface area contributed by atoms with E-state index < -0.39 is 0 Å². The van der Waals surface area contributed by atoms with Crippen molar-refractivity contribution in [2.75, 3.05) is 5.32 Å². The van der Waals surface area contributed by atoms with Crippen LogP contribution in [-0.2, 0) is 6.54 Å². The number of H-pyrrole nitrogens is 2. The van der Waals surface area contributed by atoms with Crippen LogP contribution in [0, 0.1) is 0 Å². The Bertz CT molecular complexity index is 681. The second-order valence-corrected chi connectivity index (χ2v) is 3.30. The van der Waals surface area contributed by atoms with Gasteiger partial charge in [-0.1, -0.05) is 0 Å². The molecule has 0 atom stereocenters. The fourth-order valence-electron chi connectivity index (χ4n) is 1.39. The van der Waals surface area contributed by atoms with Gasteiger partial charge >= 0.3 is 5.69 Å². The van der Waals surface area contributed by atoms with Crippen molar-refractivity contribution in [3.63, 3.8) is 0 Å². The van der Waals surface area contributed by atoms with E-state index in [0.29, 0.717) is 23.8 Å². The lowest BCUT2D eigenvalue weighted by Crippen LogP contribution is -2.14. The molecule has 0 saturated heterocycles. The van der Waals surface area contributed by atoms with Gasteiger partial charge in [0.15, 0.2) is 5.65 Å². The lowest BCUT2D eigenvalue weighted by molar-refractivity contribution is 0.866. The van der Waals surface area contributed by atoms with Crippen LogP contribution in [-0.4, -0.2) is 35.0 Å². The summed E-state index contributed by atoms with van der Waals surface area (Å²) in [6.07, 6.45) is 1.42. The van der Waals surface area contributed by atoms with E-state index >= 15 is 0 Å². The fourth-order valence-corrected chi connectivity index (χ4v) is 1.39. The fraction of sp³-hybridized carbons (Fsp3) is 0.125. The summed E-state index contributed by atoms with van der Waals surface area (Å²) in [7, 11) is 0. The Morgan fingerprint density at radius 1 is 1.35 bits per heavy atom. The molecular weight excluding hydrogens is 224 g/mol. The number of nitrogens with zero attached hydrogens (tertiary/aromatic N) is 5. The lowest BCUT2D eigenvalue weighted by Gasteiger charge is -2.02. The molecule has 0 radical (unpaired) electrons. The molecule has 0 aliphatic carbocycles. The van der Waals surface area contributed by atoms with Crippen molar-refractivity contribution in [1.82, 2.24) is 35.0 Å². The quantitative estimate of drug-likeness (QED) is 0.541. The molecule has 0 saturated carbocycles. The third kappa shape index (κ3) is 1.73. The number of aromatic amines is 2. The van der Waals surface area contributed by atoms with E-state index in [0.717, 1.165) is 0 Å². The average molecular weight is 232 g/mol. The third-order valence-electron chi connectivity index (χ3n) is 2.18. The van der Waals surface area contributed by atoms with Gasteiger partial charge in [0, 0.05) is 0 Å². The topological polar surface area (TPSA) is 117 Å². The van der Waals surface area contributed by atoms with Gasteiger partial charge in [-0.2, -0.15) is 14.7 Å². The predicted molar refractivity (Wildman–Crippen MR) is 57.3 cm³/mol. The maximum Gasteiger partial charge on any atom is 0.364 e.